The van der Waals surface area contributed by atoms with Crippen molar-refractivity contribution in [1.29, 1.82) is 0 Å². The summed E-state index contributed by atoms with van der Waals surface area (Å²) in [5.74, 6) is -4.87. The first-order valence-corrected chi connectivity index (χ1v) is 14.6. The number of carboxylic acid groups (broad SMARTS) is 2. The maximum absolute atomic E-state index is 13.7. The zero-order valence-electron chi connectivity index (χ0n) is 24.7. The number of phenolic OH excluding ortho intramolecular Hbond substituents is 1. The Balaban J connectivity index is 1.82. The van der Waals surface area contributed by atoms with E-state index in [-0.39, 0.29) is 25.0 Å². The first kappa shape index (κ1) is 34.5. The summed E-state index contributed by atoms with van der Waals surface area (Å²) in [6.45, 7) is 0.442. The Kier molecular flexibility index (Phi) is 12.9. The molecule has 242 valence electrons. The predicted molar refractivity (Wildman–Crippen MR) is 165 cm³/mol. The van der Waals surface area contributed by atoms with Gasteiger partial charge in [0.05, 0.1) is 6.04 Å². The van der Waals surface area contributed by atoms with Crippen LogP contribution in [0.2, 0.25) is 0 Å². The molecular weight excluding hydrogens is 584 g/mol. The fourth-order valence-corrected chi connectivity index (χ4v) is 4.80. The number of aromatic hydroxyl groups is 1. The van der Waals surface area contributed by atoms with Gasteiger partial charge in [-0.05, 0) is 55.1 Å². The Hall–Kier alpha value is -4.95. The topological polar surface area (TPSA) is 250 Å². The number of phenols is 1. The molecule has 14 nitrogen and oxygen atoms in total. The monoisotopic (exact) mass is 624 g/mol. The van der Waals surface area contributed by atoms with Crippen molar-refractivity contribution in [3.63, 3.8) is 0 Å². The number of rotatable bonds is 18. The van der Waals surface area contributed by atoms with Crippen LogP contribution >= 0.6 is 0 Å². The van der Waals surface area contributed by atoms with Crippen molar-refractivity contribution < 1.29 is 39.3 Å². The van der Waals surface area contributed by atoms with E-state index < -0.39 is 60.2 Å². The largest absolute Gasteiger partial charge is 0.508 e. The minimum atomic E-state index is -1.43. The quantitative estimate of drug-likeness (QED) is 0.0887. The molecule has 4 atom stereocenters. The molecule has 4 unspecified atom stereocenters. The van der Waals surface area contributed by atoms with E-state index >= 15 is 0 Å². The number of carboxylic acids is 2. The molecule has 1 aromatic heterocycles. The number of carbonyl (C=O) groups is 5. The van der Waals surface area contributed by atoms with Gasteiger partial charge in [0.1, 0.15) is 23.9 Å². The second-order valence-electron chi connectivity index (χ2n) is 10.8. The molecule has 0 aliphatic heterocycles. The Bertz CT molecular complexity index is 1470. The maximum atomic E-state index is 13.7. The number of fused-ring (bicyclic) bond motifs is 1. The summed E-state index contributed by atoms with van der Waals surface area (Å²) in [6, 6.07) is 8.13. The normalized spacial score (nSPS) is 13.7. The molecule has 0 bridgehead atoms. The van der Waals surface area contributed by atoms with E-state index in [1.54, 1.807) is 6.20 Å². The van der Waals surface area contributed by atoms with Gasteiger partial charge in [-0.2, -0.15) is 0 Å². The van der Waals surface area contributed by atoms with Crippen LogP contribution in [0.25, 0.3) is 10.9 Å². The van der Waals surface area contributed by atoms with Crippen LogP contribution in [0.4, 0.5) is 0 Å². The number of H-pyrrole nitrogens is 1. The Labute approximate surface area is 259 Å². The van der Waals surface area contributed by atoms with Crippen molar-refractivity contribution in [1.82, 2.24) is 20.9 Å². The number of unbranched alkanes of at least 4 members (excludes halogenated alkanes) is 1. The smallest absolute Gasteiger partial charge is 0.326 e. The number of hydrogen-bond donors (Lipinski definition) is 9. The fourth-order valence-electron chi connectivity index (χ4n) is 4.80. The van der Waals surface area contributed by atoms with Crippen LogP contribution in [-0.2, 0) is 36.8 Å². The number of aliphatic carboxylic acids is 2. The van der Waals surface area contributed by atoms with Gasteiger partial charge in [0.2, 0.25) is 17.7 Å². The average Bonchev–Trinajstić information content (AvgIpc) is 3.41. The number of carbonyl (C=O) groups excluding carboxylic acids is 3. The number of hydrogen-bond acceptors (Lipinski definition) is 8. The second-order valence-corrected chi connectivity index (χ2v) is 10.8. The summed E-state index contributed by atoms with van der Waals surface area (Å²) in [4.78, 5) is 66.4. The maximum Gasteiger partial charge on any atom is 0.326 e. The van der Waals surface area contributed by atoms with Gasteiger partial charge in [-0.15, -0.1) is 0 Å². The lowest BCUT2D eigenvalue weighted by Crippen LogP contribution is -2.57. The molecule has 0 aliphatic rings. The summed E-state index contributed by atoms with van der Waals surface area (Å²) < 4.78 is 0. The van der Waals surface area contributed by atoms with Gasteiger partial charge in [0.25, 0.3) is 0 Å². The van der Waals surface area contributed by atoms with Gasteiger partial charge in [0.15, 0.2) is 0 Å². The molecule has 45 heavy (non-hydrogen) atoms. The van der Waals surface area contributed by atoms with Crippen LogP contribution in [0.15, 0.2) is 54.7 Å². The third-order valence-electron chi connectivity index (χ3n) is 7.31. The standard InChI is InChI=1S/C31H40N6O8/c32-14-4-3-6-22(33)28(41)36-25(16-19-17-34-23-7-2-1-5-21(19)23)30(43)35-24(12-13-27(39)40)29(42)37-26(31(44)45)15-18-8-10-20(38)11-9-18/h1-2,5,7-11,17,22,24-26,34,38H,3-4,6,12-16,32-33H2,(H,35,43)(H,36,41)(H,37,42)(H,39,40)(H,44,45). The molecule has 0 saturated carbocycles. The molecule has 0 aliphatic carbocycles. The third-order valence-corrected chi connectivity index (χ3v) is 7.31. The SMILES string of the molecule is NCCCCC(N)C(=O)NC(Cc1c[nH]c2ccccc12)C(=O)NC(CCC(=O)O)C(=O)NC(Cc1ccc(O)cc1)C(=O)O. The second kappa shape index (κ2) is 16.8. The number of aromatic nitrogens is 1. The number of nitrogens with two attached hydrogens (primary N) is 2. The van der Waals surface area contributed by atoms with Crippen LogP contribution in [0, 0.1) is 0 Å². The molecule has 3 amide bonds. The highest BCUT2D eigenvalue weighted by Gasteiger charge is 2.31. The Morgan fingerprint density at radius 2 is 1.42 bits per heavy atom. The van der Waals surface area contributed by atoms with Gasteiger partial charge in [-0.1, -0.05) is 36.8 Å². The minimum absolute atomic E-state index is 0.0168. The first-order chi connectivity index (χ1) is 21.5. The highest BCUT2D eigenvalue weighted by Crippen LogP contribution is 2.20. The number of benzene rings is 2. The Morgan fingerprint density at radius 1 is 0.778 bits per heavy atom. The van der Waals surface area contributed by atoms with Gasteiger partial charge >= 0.3 is 11.9 Å². The van der Waals surface area contributed by atoms with E-state index in [2.05, 4.69) is 20.9 Å². The minimum Gasteiger partial charge on any atom is -0.508 e. The van der Waals surface area contributed by atoms with Crippen LogP contribution in [-0.4, -0.2) is 80.7 Å². The molecule has 11 N–H and O–H groups in total. The van der Waals surface area contributed by atoms with Crippen molar-refractivity contribution in [2.45, 2.75) is 69.1 Å². The predicted octanol–water partition coefficient (Wildman–Crippen LogP) is 0.519. The van der Waals surface area contributed by atoms with Crippen molar-refractivity contribution in [2.75, 3.05) is 6.54 Å². The zero-order valence-corrected chi connectivity index (χ0v) is 24.7. The Morgan fingerprint density at radius 3 is 2.09 bits per heavy atom. The number of para-hydroxylation sites is 1. The number of nitrogens with one attached hydrogen (secondary N) is 4. The van der Waals surface area contributed by atoms with E-state index in [1.165, 1.54) is 24.3 Å². The highest BCUT2D eigenvalue weighted by molar-refractivity contribution is 5.95. The van der Waals surface area contributed by atoms with E-state index in [4.69, 9.17) is 11.5 Å². The molecule has 1 heterocycles. The van der Waals surface area contributed by atoms with Crippen molar-refractivity contribution in [3.05, 3.63) is 65.9 Å². The molecule has 3 aromatic rings. The van der Waals surface area contributed by atoms with E-state index in [0.29, 0.717) is 36.9 Å². The number of aromatic amines is 1. The summed E-state index contributed by atoms with van der Waals surface area (Å²) in [5.41, 5.74) is 13.6. The van der Waals surface area contributed by atoms with Crippen LogP contribution in [0.3, 0.4) is 0 Å². The summed E-state index contributed by atoms with van der Waals surface area (Å²) in [5, 5.41) is 36.9. The molecular formula is C31H40N6O8. The van der Waals surface area contributed by atoms with Gasteiger partial charge in [0, 0.05) is 36.4 Å². The van der Waals surface area contributed by atoms with Gasteiger partial charge in [-0.3, -0.25) is 19.2 Å². The van der Waals surface area contributed by atoms with E-state index in [1.807, 2.05) is 24.3 Å². The third kappa shape index (κ3) is 10.6. The lowest BCUT2D eigenvalue weighted by atomic mass is 10.0. The van der Waals surface area contributed by atoms with Crippen molar-refractivity contribution in [2.24, 2.45) is 11.5 Å². The molecule has 14 heteroatoms. The molecule has 0 radical (unpaired) electrons. The summed E-state index contributed by atoms with van der Waals surface area (Å²) in [7, 11) is 0. The lowest BCUT2D eigenvalue weighted by molar-refractivity contribution is -0.143. The average molecular weight is 625 g/mol. The van der Waals surface area contributed by atoms with Crippen molar-refractivity contribution >= 4 is 40.6 Å². The van der Waals surface area contributed by atoms with Crippen LogP contribution in [0.5, 0.6) is 5.75 Å². The zero-order chi connectivity index (χ0) is 32.9. The van der Waals surface area contributed by atoms with Crippen LogP contribution < -0.4 is 27.4 Å². The molecule has 2 aromatic carbocycles. The number of amides is 3. The lowest BCUT2D eigenvalue weighted by Gasteiger charge is -2.25. The summed E-state index contributed by atoms with van der Waals surface area (Å²) in [6.07, 6.45) is 2.36. The van der Waals surface area contributed by atoms with E-state index in [0.717, 1.165) is 10.9 Å². The van der Waals surface area contributed by atoms with E-state index in [9.17, 15) is 39.3 Å². The highest BCUT2D eigenvalue weighted by atomic mass is 16.4. The molecule has 0 fully saturated rings. The molecule has 0 saturated heterocycles. The van der Waals surface area contributed by atoms with Gasteiger partial charge in [-0.25, -0.2) is 4.79 Å². The van der Waals surface area contributed by atoms with Gasteiger partial charge < -0.3 is 47.7 Å². The van der Waals surface area contributed by atoms with Crippen LogP contribution in [0.1, 0.15) is 43.2 Å². The molecule has 0 spiro atoms. The fraction of sp³-hybridized carbons (Fsp3) is 0.387. The first-order valence-electron chi connectivity index (χ1n) is 14.6. The summed E-state index contributed by atoms with van der Waals surface area (Å²) >= 11 is 0. The molecule has 3 rings (SSSR count). The van der Waals surface area contributed by atoms with Crippen molar-refractivity contribution in [3.8, 4) is 5.75 Å².